The van der Waals surface area contributed by atoms with Crippen LogP contribution in [-0.4, -0.2) is 80.3 Å². The van der Waals surface area contributed by atoms with E-state index in [9.17, 15) is 14.4 Å². The Hall–Kier alpha value is -4.73. The minimum Gasteiger partial charge on any atom is -0.444 e. The van der Waals surface area contributed by atoms with Crippen LogP contribution in [0.5, 0.6) is 0 Å². The number of benzene rings is 2. The van der Waals surface area contributed by atoms with E-state index < -0.39 is 17.7 Å². The summed E-state index contributed by atoms with van der Waals surface area (Å²) in [6.45, 7) is 9.44. The summed E-state index contributed by atoms with van der Waals surface area (Å²) in [5.74, 6) is -0.162. The number of piperazine rings is 1. The highest BCUT2D eigenvalue weighted by Crippen LogP contribution is 2.29. The van der Waals surface area contributed by atoms with Gasteiger partial charge in [-0.1, -0.05) is 100 Å². The summed E-state index contributed by atoms with van der Waals surface area (Å²) in [6, 6.07) is 15.9. The molecule has 0 radical (unpaired) electrons. The predicted octanol–water partition coefficient (Wildman–Crippen LogP) is 7.47. The molecule has 0 spiro atoms. The van der Waals surface area contributed by atoms with Crippen LogP contribution in [0.25, 0.3) is 33.0 Å². The van der Waals surface area contributed by atoms with Crippen molar-refractivity contribution in [3.8, 4) is 22.3 Å². The Balaban J connectivity index is 1.13. The molecule has 3 amide bonds. The maximum Gasteiger partial charge on any atom is 0.408 e. The lowest BCUT2D eigenvalue weighted by atomic mass is 9.99. The van der Waals surface area contributed by atoms with Gasteiger partial charge >= 0.3 is 6.09 Å². The van der Waals surface area contributed by atoms with Crippen molar-refractivity contribution in [3.05, 3.63) is 73.3 Å². The van der Waals surface area contributed by atoms with E-state index in [1.165, 1.54) is 25.7 Å². The summed E-state index contributed by atoms with van der Waals surface area (Å²) in [6.07, 6.45) is 15.3. The number of rotatable bonds is 14. The van der Waals surface area contributed by atoms with Gasteiger partial charge in [0.25, 0.3) is 0 Å². The van der Waals surface area contributed by atoms with Gasteiger partial charge in [0.15, 0.2) is 0 Å². The number of pyridine rings is 1. The Morgan fingerprint density at radius 3 is 2.18 bits per heavy atom. The molecule has 0 bridgehead atoms. The van der Waals surface area contributed by atoms with Gasteiger partial charge in [-0.3, -0.25) is 19.3 Å². The van der Waals surface area contributed by atoms with E-state index in [2.05, 4.69) is 58.7 Å². The number of aromatic nitrogens is 3. The molecular formula is C40H52N6O4. The topological polar surface area (TPSA) is 110 Å². The van der Waals surface area contributed by atoms with Crippen LogP contribution in [-0.2, 0) is 20.9 Å². The summed E-state index contributed by atoms with van der Waals surface area (Å²) >= 11 is 0. The number of carbonyl (C=O) groups is 3. The Bertz CT molecular complexity index is 1710. The Morgan fingerprint density at radius 1 is 0.800 bits per heavy atom. The average molecular weight is 681 g/mol. The first-order valence-corrected chi connectivity index (χ1v) is 18.1. The molecule has 1 N–H and O–H groups in total. The van der Waals surface area contributed by atoms with E-state index in [1.807, 2.05) is 51.5 Å². The molecule has 0 aliphatic carbocycles. The molecule has 1 saturated heterocycles. The van der Waals surface area contributed by atoms with Crippen molar-refractivity contribution in [1.82, 2.24) is 29.9 Å². The smallest absolute Gasteiger partial charge is 0.408 e. The van der Waals surface area contributed by atoms with E-state index in [1.54, 1.807) is 20.7 Å². The number of fused-ring (bicyclic) bond motifs is 1. The fourth-order valence-corrected chi connectivity index (χ4v) is 6.44. The number of nitrogens with zero attached hydrogens (tertiary/aromatic N) is 5. The molecule has 0 saturated carbocycles. The Morgan fingerprint density at radius 2 is 1.46 bits per heavy atom. The minimum absolute atomic E-state index is 0.0444. The molecule has 1 fully saturated rings. The zero-order chi connectivity index (χ0) is 35.5. The van der Waals surface area contributed by atoms with E-state index in [4.69, 9.17) is 4.74 Å². The number of amides is 3. The molecular weight excluding hydrogens is 628 g/mol. The molecule has 3 heterocycles. The van der Waals surface area contributed by atoms with Crippen molar-refractivity contribution in [2.24, 2.45) is 0 Å². The van der Waals surface area contributed by atoms with E-state index in [-0.39, 0.29) is 18.4 Å². The highest BCUT2D eigenvalue weighted by molar-refractivity contribution is 5.96. The van der Waals surface area contributed by atoms with Gasteiger partial charge in [0.1, 0.15) is 18.2 Å². The number of hydrogen-bond donors (Lipinski definition) is 1. The fourth-order valence-electron chi connectivity index (χ4n) is 6.44. The maximum atomic E-state index is 13.6. The molecule has 2 aromatic carbocycles. The monoisotopic (exact) mass is 680 g/mol. The zero-order valence-corrected chi connectivity index (χ0v) is 30.1. The molecule has 10 nitrogen and oxygen atoms in total. The van der Waals surface area contributed by atoms with Gasteiger partial charge in [0, 0.05) is 61.3 Å². The van der Waals surface area contributed by atoms with Gasteiger partial charge in [-0.15, -0.1) is 0 Å². The summed E-state index contributed by atoms with van der Waals surface area (Å²) in [5.41, 5.74) is 3.46. The Labute approximate surface area is 296 Å². The molecule has 266 valence electrons. The van der Waals surface area contributed by atoms with Crippen molar-refractivity contribution in [1.29, 1.82) is 0 Å². The standard InChI is InChI=1S/C40H52N6O4/c1-5-6-7-8-9-10-11-16-36(43-39(49)50-40(2,3)4)38(48)45-23-21-44(22-24-45)37(47)29-46-28-33(26-42-46)30-17-19-31(20-18-30)35-27-41-25-32-14-12-13-15-34(32)35/h12-15,17-20,25-28,36H,5-11,16,21-24,29H2,1-4H3,(H,43,49)/t36-/m0/s1. The van der Waals surface area contributed by atoms with Gasteiger partial charge in [0.05, 0.1) is 6.20 Å². The van der Waals surface area contributed by atoms with Gasteiger partial charge in [0.2, 0.25) is 11.8 Å². The summed E-state index contributed by atoms with van der Waals surface area (Å²) in [5, 5.41) is 9.56. The number of carbonyl (C=O) groups excluding carboxylic acids is 3. The minimum atomic E-state index is -0.654. The molecule has 1 atom stereocenters. The van der Waals surface area contributed by atoms with E-state index in [0.29, 0.717) is 32.6 Å². The first-order valence-electron chi connectivity index (χ1n) is 18.1. The van der Waals surface area contributed by atoms with Crippen LogP contribution in [0.1, 0.15) is 79.1 Å². The highest BCUT2D eigenvalue weighted by Gasteiger charge is 2.31. The van der Waals surface area contributed by atoms with Crippen LogP contribution in [0.4, 0.5) is 4.79 Å². The van der Waals surface area contributed by atoms with Crippen LogP contribution in [0, 0.1) is 0 Å². The van der Waals surface area contributed by atoms with Crippen molar-refractivity contribution in [2.75, 3.05) is 26.2 Å². The van der Waals surface area contributed by atoms with Gasteiger partial charge in [-0.05, 0) is 43.7 Å². The molecule has 2 aromatic heterocycles. The fraction of sp³-hybridized carbons (Fsp3) is 0.475. The van der Waals surface area contributed by atoms with Crippen molar-refractivity contribution in [2.45, 2.75) is 97.2 Å². The SMILES string of the molecule is CCCCCCCCC[C@H](NC(=O)OC(C)(C)C)C(=O)N1CCN(C(=O)Cn2cc(-c3ccc(-c4cncc5ccccc45)cc3)cn2)CC1. The summed E-state index contributed by atoms with van der Waals surface area (Å²) < 4.78 is 7.13. The predicted molar refractivity (Wildman–Crippen MR) is 197 cm³/mol. The molecule has 1 aliphatic heterocycles. The maximum absolute atomic E-state index is 13.6. The first kappa shape index (κ1) is 36.5. The average Bonchev–Trinajstić information content (AvgIpc) is 3.58. The van der Waals surface area contributed by atoms with E-state index in [0.717, 1.165) is 52.3 Å². The lowest BCUT2D eigenvalue weighted by molar-refractivity contribution is -0.141. The van der Waals surface area contributed by atoms with E-state index >= 15 is 0 Å². The molecule has 50 heavy (non-hydrogen) atoms. The third-order valence-corrected chi connectivity index (χ3v) is 9.16. The second kappa shape index (κ2) is 17.3. The number of unbranched alkanes of at least 4 members (excludes halogenated alkanes) is 6. The summed E-state index contributed by atoms with van der Waals surface area (Å²) in [4.78, 5) is 47.4. The van der Waals surface area contributed by atoms with Crippen LogP contribution >= 0.6 is 0 Å². The summed E-state index contributed by atoms with van der Waals surface area (Å²) in [7, 11) is 0. The second-order valence-corrected chi connectivity index (χ2v) is 14.2. The van der Waals surface area contributed by atoms with Crippen LogP contribution < -0.4 is 5.32 Å². The van der Waals surface area contributed by atoms with Crippen molar-refractivity contribution < 1.29 is 19.1 Å². The molecule has 10 heteroatoms. The quantitative estimate of drug-likeness (QED) is 0.138. The number of hydrogen-bond acceptors (Lipinski definition) is 6. The number of alkyl carbamates (subject to hydrolysis) is 1. The van der Waals surface area contributed by atoms with Gasteiger partial charge in [-0.2, -0.15) is 5.10 Å². The zero-order valence-electron chi connectivity index (χ0n) is 30.1. The second-order valence-electron chi connectivity index (χ2n) is 14.2. The van der Waals surface area contributed by atoms with Crippen LogP contribution in [0.15, 0.2) is 73.3 Å². The first-order chi connectivity index (χ1) is 24.1. The molecule has 0 unspecified atom stereocenters. The van der Waals surface area contributed by atoms with Crippen molar-refractivity contribution in [3.63, 3.8) is 0 Å². The lowest BCUT2D eigenvalue weighted by Crippen LogP contribution is -2.56. The lowest BCUT2D eigenvalue weighted by Gasteiger charge is -2.36. The molecule has 4 aromatic rings. The highest BCUT2D eigenvalue weighted by atomic mass is 16.6. The largest absolute Gasteiger partial charge is 0.444 e. The Kier molecular flexibility index (Phi) is 12.6. The van der Waals surface area contributed by atoms with Gasteiger partial charge in [-0.25, -0.2) is 4.79 Å². The normalized spacial score (nSPS) is 14.1. The van der Waals surface area contributed by atoms with Crippen LogP contribution in [0.2, 0.25) is 0 Å². The third-order valence-electron chi connectivity index (χ3n) is 9.16. The van der Waals surface area contributed by atoms with Gasteiger partial charge < -0.3 is 19.9 Å². The van der Waals surface area contributed by atoms with Crippen LogP contribution in [0.3, 0.4) is 0 Å². The molecule has 1 aliphatic rings. The third kappa shape index (κ3) is 10.2. The van der Waals surface area contributed by atoms with Crippen molar-refractivity contribution >= 4 is 28.7 Å². The number of ether oxygens (including phenoxy) is 1. The number of nitrogens with one attached hydrogen (secondary N) is 1. The molecule has 5 rings (SSSR count).